The second kappa shape index (κ2) is 7.44. The van der Waals surface area contributed by atoms with Crippen molar-refractivity contribution in [3.8, 4) is 0 Å². The van der Waals surface area contributed by atoms with Gasteiger partial charge >= 0.3 is 0 Å². The molecule has 0 saturated carbocycles. The molecule has 0 aromatic carbocycles. The maximum atomic E-state index is 13.2. The minimum absolute atomic E-state index is 0.179. The molecule has 0 radical (unpaired) electrons. The number of hydrogen-bond donors (Lipinski definition) is 1. The Balaban J connectivity index is 3.00. The van der Waals surface area contributed by atoms with Crippen LogP contribution in [0.4, 0.5) is 4.39 Å². The summed E-state index contributed by atoms with van der Waals surface area (Å²) in [5.41, 5.74) is 3.87. The Labute approximate surface area is 134 Å². The van der Waals surface area contributed by atoms with Crippen LogP contribution in [-0.4, -0.2) is 0 Å². The first-order valence-corrected chi connectivity index (χ1v) is 7.71. The van der Waals surface area contributed by atoms with Gasteiger partial charge in [0, 0.05) is 16.8 Å². The number of halogens is 1. The van der Waals surface area contributed by atoms with Crippen LogP contribution in [0, 0.1) is 11.3 Å². The molecule has 0 spiro atoms. The highest BCUT2D eigenvalue weighted by atomic mass is 19.1. The van der Waals surface area contributed by atoms with Gasteiger partial charge in [-0.05, 0) is 50.0 Å². The average Bonchev–Trinajstić information content (AvgIpc) is 2.45. The van der Waals surface area contributed by atoms with Crippen molar-refractivity contribution in [2.45, 2.75) is 41.0 Å². The van der Waals surface area contributed by atoms with Crippen LogP contribution in [0.1, 0.15) is 41.0 Å². The topological polar surface area (TPSA) is 12.0 Å². The normalized spacial score (nSPS) is 22.6. The standard InChI is InChI=1S/C20H28FN/c1-14(2)8-9-19(16(5)15(3)4)22-17(6)20(7)12-10-18(21)11-13-20/h8-12,15,22H,1,6,13H2,2-5,7H3/b9-8-,19-16+. The second-order valence-corrected chi connectivity index (χ2v) is 6.58. The molecule has 22 heavy (non-hydrogen) atoms. The lowest BCUT2D eigenvalue weighted by atomic mass is 9.80. The lowest BCUT2D eigenvalue weighted by Crippen LogP contribution is -2.28. The van der Waals surface area contributed by atoms with E-state index in [0.717, 1.165) is 17.0 Å². The lowest BCUT2D eigenvalue weighted by molar-refractivity contribution is 0.475. The Morgan fingerprint density at radius 2 is 1.95 bits per heavy atom. The van der Waals surface area contributed by atoms with Crippen LogP contribution >= 0.6 is 0 Å². The van der Waals surface area contributed by atoms with Gasteiger partial charge in [0.15, 0.2) is 0 Å². The van der Waals surface area contributed by atoms with Crippen molar-refractivity contribution in [3.05, 3.63) is 71.9 Å². The second-order valence-electron chi connectivity index (χ2n) is 6.58. The van der Waals surface area contributed by atoms with E-state index < -0.39 is 0 Å². The molecule has 0 fully saturated rings. The average molecular weight is 301 g/mol. The third-order valence-corrected chi connectivity index (χ3v) is 4.13. The molecule has 120 valence electrons. The van der Waals surface area contributed by atoms with Gasteiger partial charge in [-0.3, -0.25) is 0 Å². The molecule has 1 atom stereocenters. The number of nitrogens with one attached hydrogen (secondary N) is 1. The maximum absolute atomic E-state index is 13.2. The van der Waals surface area contributed by atoms with Crippen LogP contribution in [0.3, 0.4) is 0 Å². The number of allylic oxidation sites excluding steroid dienone is 8. The van der Waals surface area contributed by atoms with Crippen molar-refractivity contribution < 1.29 is 4.39 Å². The van der Waals surface area contributed by atoms with Crippen LogP contribution in [-0.2, 0) is 0 Å². The van der Waals surface area contributed by atoms with E-state index in [-0.39, 0.29) is 11.2 Å². The largest absolute Gasteiger partial charge is 0.359 e. The molecule has 1 rings (SSSR count). The van der Waals surface area contributed by atoms with Crippen LogP contribution in [0.15, 0.2) is 71.9 Å². The smallest absolute Gasteiger partial charge is 0.118 e. The fourth-order valence-corrected chi connectivity index (χ4v) is 2.05. The third kappa shape index (κ3) is 4.87. The van der Waals surface area contributed by atoms with Crippen LogP contribution in [0.25, 0.3) is 0 Å². The molecule has 0 saturated heterocycles. The first-order chi connectivity index (χ1) is 10.2. The predicted molar refractivity (Wildman–Crippen MR) is 94.8 cm³/mol. The van der Waals surface area contributed by atoms with Crippen molar-refractivity contribution in [3.63, 3.8) is 0 Å². The zero-order valence-electron chi connectivity index (χ0n) is 14.5. The summed E-state index contributed by atoms with van der Waals surface area (Å²) in [6, 6.07) is 0. The molecule has 1 unspecified atom stereocenters. The van der Waals surface area contributed by atoms with E-state index in [9.17, 15) is 4.39 Å². The summed E-state index contributed by atoms with van der Waals surface area (Å²) in [5.74, 6) is 0.249. The maximum Gasteiger partial charge on any atom is 0.118 e. The Bertz CT molecular complexity index is 573. The Morgan fingerprint density at radius 3 is 2.41 bits per heavy atom. The molecular formula is C20H28FN. The predicted octanol–water partition coefficient (Wildman–Crippen LogP) is 5.97. The zero-order chi connectivity index (χ0) is 16.9. The van der Waals surface area contributed by atoms with Gasteiger partial charge < -0.3 is 5.32 Å². The molecule has 0 amide bonds. The summed E-state index contributed by atoms with van der Waals surface area (Å²) < 4.78 is 13.2. The van der Waals surface area contributed by atoms with Crippen molar-refractivity contribution in [2.24, 2.45) is 11.3 Å². The molecule has 0 bridgehead atoms. The lowest BCUT2D eigenvalue weighted by Gasteiger charge is -2.31. The zero-order valence-corrected chi connectivity index (χ0v) is 14.5. The summed E-state index contributed by atoms with van der Waals surface area (Å²) in [6.07, 6.45) is 9.63. The van der Waals surface area contributed by atoms with Crippen LogP contribution in [0.5, 0.6) is 0 Å². The molecule has 1 aliphatic carbocycles. The summed E-state index contributed by atoms with van der Waals surface area (Å²) >= 11 is 0. The highest BCUT2D eigenvalue weighted by Gasteiger charge is 2.27. The number of hydrogen-bond acceptors (Lipinski definition) is 1. The molecule has 1 nitrogen and oxygen atoms in total. The van der Waals surface area contributed by atoms with E-state index in [2.05, 4.69) is 46.2 Å². The fraction of sp³-hybridized carbons (Fsp3) is 0.400. The van der Waals surface area contributed by atoms with Crippen LogP contribution in [0.2, 0.25) is 0 Å². The van der Waals surface area contributed by atoms with Crippen molar-refractivity contribution >= 4 is 0 Å². The van der Waals surface area contributed by atoms with Gasteiger partial charge in [-0.15, -0.1) is 0 Å². The monoisotopic (exact) mass is 301 g/mol. The SMILES string of the molecule is C=C(C)/C=C\C(NC(=C)C1(C)C=CC(F)=CC1)=C(\C)C(C)C. The number of rotatable bonds is 6. The van der Waals surface area contributed by atoms with E-state index in [4.69, 9.17) is 0 Å². The molecule has 1 N–H and O–H groups in total. The summed E-state index contributed by atoms with van der Waals surface area (Å²) in [4.78, 5) is 0. The molecule has 0 aromatic rings. The first kappa shape index (κ1) is 18.2. The highest BCUT2D eigenvalue weighted by Crippen LogP contribution is 2.35. The van der Waals surface area contributed by atoms with Crippen molar-refractivity contribution in [1.82, 2.24) is 5.32 Å². The Kier molecular flexibility index (Phi) is 6.16. The van der Waals surface area contributed by atoms with Crippen LogP contribution < -0.4 is 5.32 Å². The van der Waals surface area contributed by atoms with Gasteiger partial charge in [0.25, 0.3) is 0 Å². The molecule has 1 aliphatic rings. The summed E-state index contributed by atoms with van der Waals surface area (Å²) in [7, 11) is 0. The van der Waals surface area contributed by atoms with Gasteiger partial charge in [0.1, 0.15) is 5.83 Å². The minimum atomic E-state index is -0.283. The van der Waals surface area contributed by atoms with E-state index in [0.29, 0.717) is 12.3 Å². The summed E-state index contributed by atoms with van der Waals surface area (Å²) in [6.45, 7) is 18.5. The Morgan fingerprint density at radius 1 is 1.32 bits per heavy atom. The quantitative estimate of drug-likeness (QED) is 0.596. The molecule has 0 aromatic heterocycles. The minimum Gasteiger partial charge on any atom is -0.359 e. The molecule has 0 aliphatic heterocycles. The van der Waals surface area contributed by atoms with Gasteiger partial charge in [-0.25, -0.2) is 4.39 Å². The van der Waals surface area contributed by atoms with Crippen molar-refractivity contribution in [2.75, 3.05) is 0 Å². The van der Waals surface area contributed by atoms with E-state index in [1.165, 1.54) is 11.6 Å². The fourth-order valence-electron chi connectivity index (χ4n) is 2.05. The first-order valence-electron chi connectivity index (χ1n) is 7.71. The molecule has 0 heterocycles. The molecular weight excluding hydrogens is 273 g/mol. The van der Waals surface area contributed by atoms with E-state index >= 15 is 0 Å². The van der Waals surface area contributed by atoms with Crippen molar-refractivity contribution in [1.29, 1.82) is 0 Å². The van der Waals surface area contributed by atoms with Gasteiger partial charge in [0.05, 0.1) is 0 Å². The van der Waals surface area contributed by atoms with E-state index in [1.807, 2.05) is 25.2 Å². The molecule has 2 heteroatoms. The third-order valence-electron chi connectivity index (χ3n) is 4.13. The van der Waals surface area contributed by atoms with Gasteiger partial charge in [-0.1, -0.05) is 51.7 Å². The summed E-state index contributed by atoms with van der Waals surface area (Å²) in [5, 5.41) is 3.43. The van der Waals surface area contributed by atoms with Gasteiger partial charge in [-0.2, -0.15) is 0 Å². The van der Waals surface area contributed by atoms with Gasteiger partial charge in [0.2, 0.25) is 0 Å². The Hall–Kier alpha value is -1.83. The van der Waals surface area contributed by atoms with E-state index in [1.54, 1.807) is 6.08 Å². The highest BCUT2D eigenvalue weighted by molar-refractivity contribution is 5.35.